The van der Waals surface area contributed by atoms with Crippen LogP contribution in [0.15, 0.2) is 15.9 Å². The molecule has 4 heteroatoms. The molecular formula is C17H31BrN2S. The van der Waals surface area contributed by atoms with Gasteiger partial charge in [-0.05, 0) is 34.5 Å². The van der Waals surface area contributed by atoms with Gasteiger partial charge in [-0.3, -0.25) is 11.3 Å². The molecule has 1 aromatic rings. The first-order valence-corrected chi connectivity index (χ1v) is 10.1. The standard InChI is InChI=1S/C17H31BrN2S/c1-2-3-4-5-6-7-8-9-10-11-12-15(20-19)16-13-14-17(18)21-16/h13-15,20H,2-12,19H2,1H3. The van der Waals surface area contributed by atoms with Crippen LogP contribution < -0.4 is 11.3 Å². The topological polar surface area (TPSA) is 38.0 Å². The van der Waals surface area contributed by atoms with Crippen molar-refractivity contribution in [3.8, 4) is 0 Å². The van der Waals surface area contributed by atoms with E-state index in [9.17, 15) is 0 Å². The fourth-order valence-corrected chi connectivity index (χ4v) is 4.18. The van der Waals surface area contributed by atoms with E-state index in [1.165, 1.54) is 72.9 Å². The number of rotatable bonds is 13. The van der Waals surface area contributed by atoms with Gasteiger partial charge in [0.2, 0.25) is 0 Å². The van der Waals surface area contributed by atoms with Gasteiger partial charge in [0.1, 0.15) is 0 Å². The number of unbranched alkanes of at least 4 members (excludes halogenated alkanes) is 9. The molecule has 122 valence electrons. The zero-order valence-corrected chi connectivity index (χ0v) is 15.8. The summed E-state index contributed by atoms with van der Waals surface area (Å²) in [7, 11) is 0. The van der Waals surface area contributed by atoms with Crippen molar-refractivity contribution in [1.29, 1.82) is 0 Å². The summed E-state index contributed by atoms with van der Waals surface area (Å²) in [5, 5.41) is 0. The van der Waals surface area contributed by atoms with Gasteiger partial charge in [0.15, 0.2) is 0 Å². The Kier molecular flexibility index (Phi) is 11.5. The highest BCUT2D eigenvalue weighted by molar-refractivity contribution is 9.11. The van der Waals surface area contributed by atoms with E-state index in [0.29, 0.717) is 6.04 Å². The summed E-state index contributed by atoms with van der Waals surface area (Å²) in [6.45, 7) is 2.28. The van der Waals surface area contributed by atoms with Crippen LogP contribution in [-0.2, 0) is 0 Å². The van der Waals surface area contributed by atoms with Crippen molar-refractivity contribution in [2.75, 3.05) is 0 Å². The molecule has 0 aromatic carbocycles. The monoisotopic (exact) mass is 374 g/mol. The molecule has 21 heavy (non-hydrogen) atoms. The molecule has 0 aliphatic heterocycles. The highest BCUT2D eigenvalue weighted by Gasteiger charge is 2.11. The van der Waals surface area contributed by atoms with Crippen LogP contribution in [0.25, 0.3) is 0 Å². The minimum absolute atomic E-state index is 0.315. The Bertz CT molecular complexity index is 354. The molecule has 1 heterocycles. The molecule has 0 radical (unpaired) electrons. The summed E-state index contributed by atoms with van der Waals surface area (Å²) in [5.41, 5.74) is 2.95. The highest BCUT2D eigenvalue weighted by Crippen LogP contribution is 2.29. The largest absolute Gasteiger partial charge is 0.271 e. The van der Waals surface area contributed by atoms with Crippen LogP contribution in [0.4, 0.5) is 0 Å². The van der Waals surface area contributed by atoms with Crippen LogP contribution in [0.1, 0.15) is 88.5 Å². The smallest absolute Gasteiger partial charge is 0.0702 e. The first-order chi connectivity index (χ1) is 10.3. The number of halogens is 1. The average Bonchev–Trinajstić information content (AvgIpc) is 2.91. The van der Waals surface area contributed by atoms with Crippen LogP contribution in [0.3, 0.4) is 0 Å². The van der Waals surface area contributed by atoms with Crippen molar-refractivity contribution in [3.63, 3.8) is 0 Å². The highest BCUT2D eigenvalue weighted by atomic mass is 79.9. The van der Waals surface area contributed by atoms with Crippen molar-refractivity contribution in [2.45, 2.75) is 83.6 Å². The molecule has 1 unspecified atom stereocenters. The lowest BCUT2D eigenvalue weighted by molar-refractivity contribution is 0.479. The Hall–Kier alpha value is 0.1000. The Morgan fingerprint density at radius 1 is 1.00 bits per heavy atom. The second-order valence-corrected chi connectivity index (χ2v) is 8.33. The maximum atomic E-state index is 5.68. The van der Waals surface area contributed by atoms with Gasteiger partial charge in [-0.2, -0.15) is 0 Å². The van der Waals surface area contributed by atoms with Crippen LogP contribution in [0.2, 0.25) is 0 Å². The SMILES string of the molecule is CCCCCCCCCCCCC(NN)c1ccc(Br)s1. The minimum Gasteiger partial charge on any atom is -0.271 e. The molecule has 0 spiro atoms. The number of hydrogen-bond acceptors (Lipinski definition) is 3. The van der Waals surface area contributed by atoms with Crippen molar-refractivity contribution < 1.29 is 0 Å². The lowest BCUT2D eigenvalue weighted by atomic mass is 10.0. The maximum Gasteiger partial charge on any atom is 0.0702 e. The molecule has 0 fully saturated rings. The maximum absolute atomic E-state index is 5.68. The van der Waals surface area contributed by atoms with E-state index in [2.05, 4.69) is 40.4 Å². The first kappa shape index (κ1) is 19.1. The number of hydrogen-bond donors (Lipinski definition) is 2. The van der Waals surface area contributed by atoms with E-state index in [-0.39, 0.29) is 0 Å². The zero-order chi connectivity index (χ0) is 15.3. The molecule has 1 aromatic heterocycles. The van der Waals surface area contributed by atoms with Gasteiger partial charge in [-0.1, -0.05) is 71.1 Å². The second-order valence-electron chi connectivity index (χ2n) is 5.83. The van der Waals surface area contributed by atoms with Crippen molar-refractivity contribution in [1.82, 2.24) is 5.43 Å². The normalized spacial score (nSPS) is 12.7. The van der Waals surface area contributed by atoms with E-state index < -0.39 is 0 Å². The van der Waals surface area contributed by atoms with E-state index in [1.54, 1.807) is 11.3 Å². The van der Waals surface area contributed by atoms with Gasteiger partial charge in [-0.15, -0.1) is 11.3 Å². The Morgan fingerprint density at radius 3 is 2.05 bits per heavy atom. The summed E-state index contributed by atoms with van der Waals surface area (Å²) < 4.78 is 1.18. The predicted octanol–water partition coefficient (Wildman–Crippen LogP) is 6.33. The van der Waals surface area contributed by atoms with E-state index >= 15 is 0 Å². The molecule has 0 amide bonds. The van der Waals surface area contributed by atoms with Gasteiger partial charge in [-0.25, -0.2) is 0 Å². The molecular weight excluding hydrogens is 344 g/mol. The van der Waals surface area contributed by atoms with Gasteiger partial charge in [0, 0.05) is 4.88 Å². The van der Waals surface area contributed by atoms with Crippen LogP contribution in [-0.4, -0.2) is 0 Å². The van der Waals surface area contributed by atoms with Crippen molar-refractivity contribution in [3.05, 3.63) is 20.8 Å². The zero-order valence-electron chi connectivity index (χ0n) is 13.4. The van der Waals surface area contributed by atoms with E-state index in [0.717, 1.165) is 6.42 Å². The van der Waals surface area contributed by atoms with E-state index in [1.807, 2.05) is 0 Å². The number of thiophene rings is 1. The molecule has 0 saturated carbocycles. The molecule has 0 bridgehead atoms. The van der Waals surface area contributed by atoms with Crippen LogP contribution in [0.5, 0.6) is 0 Å². The van der Waals surface area contributed by atoms with Gasteiger partial charge in [0.05, 0.1) is 9.83 Å². The van der Waals surface area contributed by atoms with Crippen molar-refractivity contribution in [2.24, 2.45) is 5.84 Å². The van der Waals surface area contributed by atoms with Gasteiger partial charge in [0.25, 0.3) is 0 Å². The molecule has 0 aliphatic rings. The fraction of sp³-hybridized carbons (Fsp3) is 0.765. The third-order valence-electron chi connectivity index (χ3n) is 3.98. The third-order valence-corrected chi connectivity index (χ3v) is 5.72. The summed E-state index contributed by atoms with van der Waals surface area (Å²) in [5.74, 6) is 5.68. The van der Waals surface area contributed by atoms with E-state index in [4.69, 9.17) is 5.84 Å². The molecule has 0 aliphatic carbocycles. The Labute approximate surface area is 143 Å². The van der Waals surface area contributed by atoms with Gasteiger partial charge < -0.3 is 0 Å². The first-order valence-electron chi connectivity index (χ1n) is 8.49. The lowest BCUT2D eigenvalue weighted by Crippen LogP contribution is -2.27. The Balaban J connectivity index is 1.98. The third kappa shape index (κ3) is 8.97. The number of nitrogens with one attached hydrogen (secondary N) is 1. The fourth-order valence-electron chi connectivity index (χ4n) is 2.66. The Morgan fingerprint density at radius 2 is 1.57 bits per heavy atom. The molecule has 3 N–H and O–H groups in total. The predicted molar refractivity (Wildman–Crippen MR) is 98.5 cm³/mol. The molecule has 2 nitrogen and oxygen atoms in total. The molecule has 1 rings (SSSR count). The summed E-state index contributed by atoms with van der Waals surface area (Å²) in [6, 6.07) is 4.58. The molecule has 0 saturated heterocycles. The number of nitrogens with two attached hydrogens (primary N) is 1. The summed E-state index contributed by atoms with van der Waals surface area (Å²) in [4.78, 5) is 1.33. The minimum atomic E-state index is 0.315. The molecule has 1 atom stereocenters. The quantitative estimate of drug-likeness (QED) is 0.240. The van der Waals surface area contributed by atoms with Gasteiger partial charge >= 0.3 is 0 Å². The van der Waals surface area contributed by atoms with Crippen LogP contribution in [0, 0.1) is 0 Å². The summed E-state index contributed by atoms with van der Waals surface area (Å²) in [6.07, 6.45) is 15.0. The van der Waals surface area contributed by atoms with Crippen molar-refractivity contribution >= 4 is 27.3 Å². The second kappa shape index (κ2) is 12.6. The number of hydrazine groups is 1. The average molecular weight is 375 g/mol. The summed E-state index contributed by atoms with van der Waals surface area (Å²) >= 11 is 5.29. The lowest BCUT2D eigenvalue weighted by Gasteiger charge is -2.13. The van der Waals surface area contributed by atoms with Crippen LogP contribution >= 0.6 is 27.3 Å².